The van der Waals surface area contributed by atoms with E-state index in [9.17, 15) is 9.59 Å². The summed E-state index contributed by atoms with van der Waals surface area (Å²) >= 11 is 0. The predicted octanol–water partition coefficient (Wildman–Crippen LogP) is 0.193. The van der Waals surface area contributed by atoms with Crippen molar-refractivity contribution in [2.45, 2.75) is 38.6 Å². The third-order valence-corrected chi connectivity index (χ3v) is 3.74. The molecule has 0 bridgehead atoms. The normalized spacial score (nSPS) is 32.1. The van der Waals surface area contributed by atoms with Crippen LogP contribution >= 0.6 is 12.4 Å². The molecule has 2 saturated heterocycles. The molecule has 2 rings (SSSR count). The minimum atomic E-state index is -0.365. The smallest absolute Gasteiger partial charge is 0.242 e. The van der Waals surface area contributed by atoms with Gasteiger partial charge in [-0.05, 0) is 39.2 Å². The van der Waals surface area contributed by atoms with Gasteiger partial charge in [-0.3, -0.25) is 9.59 Å². The molecule has 2 unspecified atom stereocenters. The minimum Gasteiger partial charge on any atom is -0.354 e. The van der Waals surface area contributed by atoms with Gasteiger partial charge in [0.1, 0.15) is 6.04 Å². The van der Waals surface area contributed by atoms with E-state index < -0.39 is 0 Å². The summed E-state index contributed by atoms with van der Waals surface area (Å²) < 4.78 is 0. The monoisotopic (exact) mass is 275 g/mol. The molecular formula is C12H22ClN3O2. The molecule has 0 aromatic rings. The molecule has 2 aliphatic rings. The lowest BCUT2D eigenvalue weighted by atomic mass is 9.81. The number of rotatable bonds is 2. The zero-order chi connectivity index (χ0) is 12.3. The Morgan fingerprint density at radius 2 is 2.17 bits per heavy atom. The van der Waals surface area contributed by atoms with Gasteiger partial charge < -0.3 is 16.0 Å². The molecule has 0 saturated carbocycles. The van der Waals surface area contributed by atoms with Gasteiger partial charge in [0.25, 0.3) is 0 Å². The van der Waals surface area contributed by atoms with Crippen LogP contribution in [0.5, 0.6) is 0 Å². The SMILES string of the molecule is CC1(C(=O)NC2CCCNC2=O)CCCNC1.Cl. The Kier molecular flexibility index (Phi) is 5.41. The minimum absolute atomic E-state index is 0. The predicted molar refractivity (Wildman–Crippen MR) is 71.6 cm³/mol. The van der Waals surface area contributed by atoms with Crippen molar-refractivity contribution in [1.82, 2.24) is 16.0 Å². The van der Waals surface area contributed by atoms with Crippen molar-refractivity contribution < 1.29 is 9.59 Å². The van der Waals surface area contributed by atoms with Crippen LogP contribution in [0.25, 0.3) is 0 Å². The van der Waals surface area contributed by atoms with E-state index in [0.717, 1.165) is 38.8 Å². The first-order chi connectivity index (χ1) is 8.12. The van der Waals surface area contributed by atoms with Gasteiger partial charge >= 0.3 is 0 Å². The molecule has 0 radical (unpaired) electrons. The second-order valence-electron chi connectivity index (χ2n) is 5.30. The first kappa shape index (κ1) is 15.2. The van der Waals surface area contributed by atoms with E-state index in [2.05, 4.69) is 16.0 Å². The fourth-order valence-electron chi connectivity index (χ4n) is 2.49. The van der Waals surface area contributed by atoms with E-state index in [0.29, 0.717) is 6.54 Å². The van der Waals surface area contributed by atoms with Crippen molar-refractivity contribution in [3.63, 3.8) is 0 Å². The molecule has 2 amide bonds. The maximum absolute atomic E-state index is 12.2. The molecule has 2 heterocycles. The van der Waals surface area contributed by atoms with Gasteiger partial charge in [0.2, 0.25) is 11.8 Å². The number of hydrogen-bond donors (Lipinski definition) is 3. The molecule has 104 valence electrons. The average Bonchev–Trinajstić information content (AvgIpc) is 2.33. The van der Waals surface area contributed by atoms with Gasteiger partial charge in [-0.25, -0.2) is 0 Å². The van der Waals surface area contributed by atoms with E-state index in [1.165, 1.54) is 0 Å². The maximum Gasteiger partial charge on any atom is 0.242 e. The fraction of sp³-hybridized carbons (Fsp3) is 0.833. The van der Waals surface area contributed by atoms with Crippen LogP contribution in [0.2, 0.25) is 0 Å². The number of piperidine rings is 2. The molecule has 18 heavy (non-hydrogen) atoms. The summed E-state index contributed by atoms with van der Waals surface area (Å²) in [4.78, 5) is 23.8. The molecule has 6 heteroatoms. The van der Waals surface area contributed by atoms with Gasteiger partial charge in [-0.2, -0.15) is 0 Å². The largest absolute Gasteiger partial charge is 0.354 e. The van der Waals surface area contributed by atoms with Crippen LogP contribution in [-0.4, -0.2) is 37.5 Å². The topological polar surface area (TPSA) is 70.2 Å². The average molecular weight is 276 g/mol. The third-order valence-electron chi connectivity index (χ3n) is 3.74. The van der Waals surface area contributed by atoms with Crippen LogP contribution in [0.15, 0.2) is 0 Å². The van der Waals surface area contributed by atoms with E-state index in [1.54, 1.807) is 0 Å². The summed E-state index contributed by atoms with van der Waals surface area (Å²) in [5.41, 5.74) is -0.365. The molecule has 3 N–H and O–H groups in total. The number of carbonyl (C=O) groups is 2. The summed E-state index contributed by atoms with van der Waals surface area (Å²) in [5.74, 6) is -0.0382. The lowest BCUT2D eigenvalue weighted by Crippen LogP contribution is -2.56. The van der Waals surface area contributed by atoms with Crippen LogP contribution in [0.3, 0.4) is 0 Å². The maximum atomic E-state index is 12.2. The number of hydrogen-bond acceptors (Lipinski definition) is 3. The van der Waals surface area contributed by atoms with Gasteiger partial charge in [-0.15, -0.1) is 12.4 Å². The summed E-state index contributed by atoms with van der Waals surface area (Å²) in [6.45, 7) is 4.37. The van der Waals surface area contributed by atoms with Crippen LogP contribution < -0.4 is 16.0 Å². The van der Waals surface area contributed by atoms with Crippen molar-refractivity contribution in [1.29, 1.82) is 0 Å². The van der Waals surface area contributed by atoms with Crippen molar-refractivity contribution in [3.05, 3.63) is 0 Å². The van der Waals surface area contributed by atoms with Gasteiger partial charge in [0.15, 0.2) is 0 Å². The van der Waals surface area contributed by atoms with E-state index in [1.807, 2.05) is 6.92 Å². The second-order valence-corrected chi connectivity index (χ2v) is 5.30. The first-order valence-corrected chi connectivity index (χ1v) is 6.41. The van der Waals surface area contributed by atoms with Crippen molar-refractivity contribution in [2.75, 3.05) is 19.6 Å². The molecule has 2 atom stereocenters. The summed E-state index contributed by atoms with van der Waals surface area (Å²) in [7, 11) is 0. The Hall–Kier alpha value is -0.810. The number of amides is 2. The summed E-state index contributed by atoms with van der Waals surface area (Å²) in [5, 5.41) is 8.91. The molecule has 2 fully saturated rings. The van der Waals surface area contributed by atoms with Crippen molar-refractivity contribution in [3.8, 4) is 0 Å². The van der Waals surface area contributed by atoms with Gasteiger partial charge in [-0.1, -0.05) is 0 Å². The second kappa shape index (κ2) is 6.38. The van der Waals surface area contributed by atoms with E-state index >= 15 is 0 Å². The Labute approximate surface area is 114 Å². The zero-order valence-electron chi connectivity index (χ0n) is 10.8. The highest BCUT2D eigenvalue weighted by Gasteiger charge is 2.36. The Morgan fingerprint density at radius 3 is 2.78 bits per heavy atom. The van der Waals surface area contributed by atoms with Gasteiger partial charge in [0, 0.05) is 13.1 Å². The van der Waals surface area contributed by atoms with Gasteiger partial charge in [0.05, 0.1) is 5.41 Å². The lowest BCUT2D eigenvalue weighted by molar-refractivity contribution is -0.136. The fourth-order valence-corrected chi connectivity index (χ4v) is 2.49. The summed E-state index contributed by atoms with van der Waals surface area (Å²) in [6.07, 6.45) is 3.59. The lowest BCUT2D eigenvalue weighted by Gasteiger charge is -2.34. The Morgan fingerprint density at radius 1 is 1.39 bits per heavy atom. The van der Waals surface area contributed by atoms with Crippen molar-refractivity contribution in [2.24, 2.45) is 5.41 Å². The Bertz CT molecular complexity index is 316. The molecule has 0 aromatic heterocycles. The molecule has 0 spiro atoms. The highest BCUT2D eigenvalue weighted by atomic mass is 35.5. The number of halogens is 1. The number of nitrogens with one attached hydrogen (secondary N) is 3. The molecule has 0 aromatic carbocycles. The highest BCUT2D eigenvalue weighted by molar-refractivity contribution is 5.90. The third kappa shape index (κ3) is 3.36. The van der Waals surface area contributed by atoms with Crippen molar-refractivity contribution >= 4 is 24.2 Å². The number of carbonyl (C=O) groups excluding carboxylic acids is 2. The Balaban J connectivity index is 0.00000162. The van der Waals surface area contributed by atoms with E-state index in [-0.39, 0.29) is 35.7 Å². The zero-order valence-corrected chi connectivity index (χ0v) is 11.6. The van der Waals surface area contributed by atoms with Crippen LogP contribution in [-0.2, 0) is 9.59 Å². The summed E-state index contributed by atoms with van der Waals surface area (Å²) in [6, 6.07) is -0.338. The quantitative estimate of drug-likeness (QED) is 0.674. The molecule has 5 nitrogen and oxygen atoms in total. The molecule has 0 aliphatic carbocycles. The first-order valence-electron chi connectivity index (χ1n) is 6.41. The standard InChI is InChI=1S/C12H21N3O2.ClH/c1-12(5-3-6-13-8-12)11(17)15-9-4-2-7-14-10(9)16;/h9,13H,2-8H2,1H3,(H,14,16)(H,15,17);1H. The highest BCUT2D eigenvalue weighted by Crippen LogP contribution is 2.25. The van der Waals surface area contributed by atoms with Crippen LogP contribution in [0, 0.1) is 5.41 Å². The molecule has 2 aliphatic heterocycles. The van der Waals surface area contributed by atoms with Crippen LogP contribution in [0.4, 0.5) is 0 Å². The molecular weight excluding hydrogens is 254 g/mol. The van der Waals surface area contributed by atoms with Crippen LogP contribution in [0.1, 0.15) is 32.6 Å². The van der Waals surface area contributed by atoms with E-state index in [4.69, 9.17) is 0 Å².